The van der Waals surface area contributed by atoms with Crippen molar-refractivity contribution in [3.8, 4) is 0 Å². The zero-order valence-electron chi connectivity index (χ0n) is 4.80. The summed E-state index contributed by atoms with van der Waals surface area (Å²) in [7, 11) is 0. The molecule has 0 rings (SSSR count). The van der Waals surface area contributed by atoms with E-state index in [-0.39, 0.29) is 0 Å². The molecule has 2 N–H and O–H groups in total. The van der Waals surface area contributed by atoms with E-state index in [1.54, 1.807) is 0 Å². The van der Waals surface area contributed by atoms with E-state index in [2.05, 4.69) is 20.5 Å². The molecule has 0 aliphatic heterocycles. The van der Waals surface area contributed by atoms with Crippen molar-refractivity contribution >= 4 is 22.1 Å². The third-order valence-electron chi connectivity index (χ3n) is 0.854. The topological polar surface area (TPSA) is 72.4 Å². The van der Waals surface area contributed by atoms with Gasteiger partial charge >= 0.3 is 0 Å². The first-order valence-corrected chi connectivity index (χ1v) is 3.14. The molecule has 2 atom stereocenters. The Morgan fingerprint density at radius 2 is 2.33 bits per heavy atom. The average Bonchev–Trinajstić information content (AvgIpc) is 1.64. The van der Waals surface area contributed by atoms with Gasteiger partial charge < -0.3 is 15.0 Å². The van der Waals surface area contributed by atoms with E-state index < -0.39 is 18.1 Å². The molecule has 0 heterocycles. The van der Waals surface area contributed by atoms with Gasteiger partial charge in [-0.05, 0) is 6.92 Å². The second-order valence-corrected chi connectivity index (χ2v) is 2.10. The highest BCUT2D eigenvalue weighted by Crippen LogP contribution is 1.92. The zero-order chi connectivity index (χ0) is 7.44. The lowest BCUT2D eigenvalue weighted by molar-refractivity contribution is -0.309. The first kappa shape index (κ1) is 8.87. The van der Waals surface area contributed by atoms with Gasteiger partial charge in [0, 0.05) is 16.1 Å². The summed E-state index contributed by atoms with van der Waals surface area (Å²) >= 11 is 2.69. The number of carbonyl (C=O) groups excluding carboxylic acids is 1. The van der Waals surface area contributed by atoms with Crippen LogP contribution in [0.15, 0.2) is 0 Å². The number of carboxylic acid groups (broad SMARTS) is 1. The van der Waals surface area contributed by atoms with Crippen molar-refractivity contribution in [1.82, 2.24) is 4.34 Å². The molecule has 0 spiro atoms. The highest BCUT2D eigenvalue weighted by atomic mass is 79.9. The summed E-state index contributed by atoms with van der Waals surface area (Å²) in [6.07, 6.45) is -0.964. The van der Waals surface area contributed by atoms with Crippen molar-refractivity contribution in [1.29, 1.82) is 0 Å². The summed E-state index contributed by atoms with van der Waals surface area (Å²) < 4.78 is 2.20. The minimum absolute atomic E-state index is 0.964. The number of halogens is 1. The normalized spacial score (nSPS) is 16.8. The second-order valence-electron chi connectivity index (χ2n) is 1.65. The minimum atomic E-state index is -1.33. The third-order valence-corrected chi connectivity index (χ3v) is 1.35. The summed E-state index contributed by atoms with van der Waals surface area (Å²) in [4.78, 5) is 10.0. The van der Waals surface area contributed by atoms with Crippen LogP contribution < -0.4 is 9.45 Å². The second kappa shape index (κ2) is 3.81. The van der Waals surface area contributed by atoms with E-state index in [9.17, 15) is 9.90 Å². The van der Waals surface area contributed by atoms with Crippen LogP contribution >= 0.6 is 16.1 Å². The molecule has 9 heavy (non-hydrogen) atoms. The molecule has 0 unspecified atom stereocenters. The van der Waals surface area contributed by atoms with Crippen molar-refractivity contribution in [3.05, 3.63) is 0 Å². The Morgan fingerprint density at radius 3 is 2.33 bits per heavy atom. The van der Waals surface area contributed by atoms with Gasteiger partial charge in [0.1, 0.15) is 0 Å². The molecule has 54 valence electrons. The van der Waals surface area contributed by atoms with Crippen LogP contribution in [0.25, 0.3) is 0 Å². The standard InChI is InChI=1S/C4H8BrNO3/c1-2(7)3(6-5)4(8)9/h2-3,6-7H,1H3,(H,8,9)/p-1/t2-,3+/m1/s1. The highest BCUT2D eigenvalue weighted by molar-refractivity contribution is 9.08. The van der Waals surface area contributed by atoms with Gasteiger partial charge in [0.15, 0.2) is 0 Å². The van der Waals surface area contributed by atoms with Crippen LogP contribution in [0, 0.1) is 0 Å². The lowest BCUT2D eigenvalue weighted by Crippen LogP contribution is -2.48. The van der Waals surface area contributed by atoms with E-state index >= 15 is 0 Å². The quantitative estimate of drug-likeness (QED) is 0.533. The summed E-state index contributed by atoms with van der Waals surface area (Å²) in [5.41, 5.74) is 0. The summed E-state index contributed by atoms with van der Waals surface area (Å²) in [5, 5.41) is 18.7. The average molecular weight is 197 g/mol. The Hall–Kier alpha value is -0.130. The lowest BCUT2D eigenvalue weighted by atomic mass is 10.2. The highest BCUT2D eigenvalue weighted by Gasteiger charge is 2.12. The van der Waals surface area contributed by atoms with Crippen LogP contribution in [0.3, 0.4) is 0 Å². The fraction of sp³-hybridized carbons (Fsp3) is 0.750. The van der Waals surface area contributed by atoms with E-state index in [4.69, 9.17) is 5.11 Å². The Morgan fingerprint density at radius 1 is 1.89 bits per heavy atom. The van der Waals surface area contributed by atoms with E-state index in [1.807, 2.05) is 0 Å². The van der Waals surface area contributed by atoms with Gasteiger partial charge in [-0.1, -0.05) is 0 Å². The lowest BCUT2D eigenvalue weighted by Gasteiger charge is -2.17. The minimum Gasteiger partial charge on any atom is -0.548 e. The molecule has 0 aromatic carbocycles. The molecule has 0 amide bonds. The molecule has 0 aliphatic carbocycles. The fourth-order valence-corrected chi connectivity index (χ4v) is 0.902. The largest absolute Gasteiger partial charge is 0.548 e. The van der Waals surface area contributed by atoms with E-state index in [0.29, 0.717) is 0 Å². The SMILES string of the molecule is C[C@@H](O)[C@H](NBr)C(=O)[O-]. The number of aliphatic hydroxyl groups is 1. The van der Waals surface area contributed by atoms with Crippen molar-refractivity contribution in [2.75, 3.05) is 0 Å². The first-order chi connectivity index (χ1) is 4.09. The van der Waals surface area contributed by atoms with Gasteiger partial charge in [0.25, 0.3) is 0 Å². The van der Waals surface area contributed by atoms with Crippen molar-refractivity contribution in [2.45, 2.75) is 19.1 Å². The number of aliphatic hydroxyl groups excluding tert-OH is 1. The third kappa shape index (κ3) is 2.78. The molecule has 0 saturated carbocycles. The molecular weight excluding hydrogens is 190 g/mol. The predicted molar refractivity (Wildman–Crippen MR) is 32.5 cm³/mol. The maximum atomic E-state index is 10.0. The van der Waals surface area contributed by atoms with Crippen LogP contribution in [0.2, 0.25) is 0 Å². The maximum absolute atomic E-state index is 10.0. The molecule has 0 saturated heterocycles. The number of carboxylic acids is 1. The molecule has 0 aromatic heterocycles. The monoisotopic (exact) mass is 196 g/mol. The van der Waals surface area contributed by atoms with Crippen molar-refractivity contribution in [3.63, 3.8) is 0 Å². The van der Waals surface area contributed by atoms with Gasteiger partial charge in [0.05, 0.1) is 18.1 Å². The van der Waals surface area contributed by atoms with Crippen LogP contribution in [-0.4, -0.2) is 23.2 Å². The number of hydrogen-bond acceptors (Lipinski definition) is 4. The number of rotatable bonds is 3. The summed E-state index contributed by atoms with van der Waals surface area (Å²) in [5.74, 6) is -1.33. The van der Waals surface area contributed by atoms with Crippen LogP contribution in [0.5, 0.6) is 0 Å². The Kier molecular flexibility index (Phi) is 3.76. The van der Waals surface area contributed by atoms with Crippen LogP contribution in [0.1, 0.15) is 6.92 Å². The van der Waals surface area contributed by atoms with E-state index in [0.717, 1.165) is 0 Å². The number of nitrogens with one attached hydrogen (secondary N) is 1. The van der Waals surface area contributed by atoms with E-state index in [1.165, 1.54) is 6.92 Å². The van der Waals surface area contributed by atoms with Gasteiger partial charge in [0.2, 0.25) is 0 Å². The molecular formula is C4H7BrNO3-. The Bertz CT molecular complexity index is 106. The van der Waals surface area contributed by atoms with Crippen molar-refractivity contribution in [2.24, 2.45) is 0 Å². The molecule has 0 aliphatic rings. The van der Waals surface area contributed by atoms with Gasteiger partial charge in [-0.15, -0.1) is 0 Å². The van der Waals surface area contributed by atoms with Crippen LogP contribution in [-0.2, 0) is 4.79 Å². The number of aliphatic carboxylic acids is 1. The Balaban J connectivity index is 3.83. The van der Waals surface area contributed by atoms with Crippen LogP contribution in [0.4, 0.5) is 0 Å². The molecule has 0 radical (unpaired) electrons. The summed E-state index contributed by atoms with van der Waals surface area (Å²) in [6.45, 7) is 1.36. The molecule has 0 fully saturated rings. The zero-order valence-corrected chi connectivity index (χ0v) is 6.38. The first-order valence-electron chi connectivity index (χ1n) is 2.34. The van der Waals surface area contributed by atoms with Gasteiger partial charge in [-0.2, -0.15) is 0 Å². The number of hydrogen-bond donors (Lipinski definition) is 2. The molecule has 0 aromatic rings. The molecule has 4 nitrogen and oxygen atoms in total. The Labute approximate surface area is 61.2 Å². The number of carbonyl (C=O) groups is 1. The van der Waals surface area contributed by atoms with Gasteiger partial charge in [-0.25, -0.2) is 4.34 Å². The van der Waals surface area contributed by atoms with Crippen molar-refractivity contribution < 1.29 is 15.0 Å². The smallest absolute Gasteiger partial charge is 0.0826 e. The molecule has 0 bridgehead atoms. The molecule has 5 heteroatoms. The summed E-state index contributed by atoms with van der Waals surface area (Å²) in [6, 6.07) is -1.05. The van der Waals surface area contributed by atoms with Gasteiger partial charge in [-0.3, -0.25) is 0 Å². The maximum Gasteiger partial charge on any atom is 0.0826 e. The fourth-order valence-electron chi connectivity index (χ4n) is 0.333. The predicted octanol–water partition coefficient (Wildman–Crippen LogP) is -1.61.